The average Bonchev–Trinajstić information content (AvgIpc) is 2.30. The molecule has 0 atom stereocenters. The minimum atomic E-state index is -4.61. The van der Waals surface area contributed by atoms with E-state index in [4.69, 9.17) is 0 Å². The van der Waals surface area contributed by atoms with Gasteiger partial charge in [0, 0.05) is 6.54 Å². The van der Waals surface area contributed by atoms with E-state index >= 15 is 0 Å². The Balaban J connectivity index is 2.48. The molecule has 0 saturated carbocycles. The lowest BCUT2D eigenvalue weighted by Gasteiger charge is -2.38. The summed E-state index contributed by atoms with van der Waals surface area (Å²) in [6.07, 6.45) is -2.49. The molecule has 1 aliphatic rings. The van der Waals surface area contributed by atoms with Crippen molar-refractivity contribution in [2.24, 2.45) is 5.41 Å². The summed E-state index contributed by atoms with van der Waals surface area (Å²) in [4.78, 5) is 13.1. The second-order valence-electron chi connectivity index (χ2n) is 5.22. The lowest BCUT2D eigenvalue weighted by molar-refractivity contribution is -0.170. The van der Waals surface area contributed by atoms with Crippen LogP contribution >= 0.6 is 0 Å². The van der Waals surface area contributed by atoms with Crippen molar-refractivity contribution in [1.82, 2.24) is 10.2 Å². The summed E-state index contributed by atoms with van der Waals surface area (Å²) in [6, 6.07) is 0. The molecule has 0 aliphatic carbocycles. The zero-order valence-electron chi connectivity index (χ0n) is 10.5. The highest BCUT2D eigenvalue weighted by Crippen LogP contribution is 2.30. The number of carbonyl (C=O) groups excluding carboxylic acids is 1. The second kappa shape index (κ2) is 5.42. The van der Waals surface area contributed by atoms with Crippen molar-refractivity contribution in [3.63, 3.8) is 0 Å². The number of carbonyl (C=O) groups is 1. The number of alkyl halides is 4. The molecule has 1 saturated heterocycles. The van der Waals surface area contributed by atoms with Crippen LogP contribution in [0.1, 0.15) is 19.8 Å². The van der Waals surface area contributed by atoms with E-state index in [0.29, 0.717) is 0 Å². The molecule has 0 aromatic heterocycles. The van der Waals surface area contributed by atoms with Gasteiger partial charge in [-0.25, -0.2) is 8.78 Å². The molecule has 0 unspecified atom stereocenters. The summed E-state index contributed by atoms with van der Waals surface area (Å²) in [5, 5.41) is 1.94. The lowest BCUT2D eigenvalue weighted by atomic mass is 9.80. The van der Waals surface area contributed by atoms with Gasteiger partial charge >= 0.3 is 12.3 Å². The molecular weight excluding hydrogens is 252 g/mol. The van der Waals surface area contributed by atoms with Crippen molar-refractivity contribution in [3.05, 3.63) is 0 Å². The van der Waals surface area contributed by atoms with Crippen LogP contribution in [-0.2, 0) is 4.79 Å². The molecule has 1 N–H and O–H groups in total. The topological polar surface area (TPSA) is 32.3 Å². The van der Waals surface area contributed by atoms with E-state index in [-0.39, 0.29) is 12.0 Å². The fraction of sp³-hybridized carbons (Fsp3) is 0.909. The summed E-state index contributed by atoms with van der Waals surface area (Å²) >= 11 is 0. The number of likely N-dealkylation sites (tertiary alicyclic amines) is 1. The molecule has 3 nitrogen and oxygen atoms in total. The second-order valence-corrected chi connectivity index (χ2v) is 5.22. The van der Waals surface area contributed by atoms with Gasteiger partial charge in [-0.2, -0.15) is 8.78 Å². The third kappa shape index (κ3) is 3.57. The van der Waals surface area contributed by atoms with Crippen molar-refractivity contribution >= 4 is 5.91 Å². The Hall–Kier alpha value is -0.850. The van der Waals surface area contributed by atoms with Gasteiger partial charge < -0.3 is 10.2 Å². The predicted molar refractivity (Wildman–Crippen MR) is 58.8 cm³/mol. The molecule has 18 heavy (non-hydrogen) atoms. The van der Waals surface area contributed by atoms with Crippen molar-refractivity contribution < 1.29 is 22.4 Å². The van der Waals surface area contributed by atoms with Gasteiger partial charge in [0.2, 0.25) is 0 Å². The first kappa shape index (κ1) is 15.2. The zero-order chi connectivity index (χ0) is 14.0. The van der Waals surface area contributed by atoms with Crippen LogP contribution in [0.15, 0.2) is 0 Å². The van der Waals surface area contributed by atoms with E-state index in [2.05, 4.69) is 4.90 Å². The van der Waals surface area contributed by atoms with Crippen LogP contribution in [0, 0.1) is 5.41 Å². The Bertz CT molecular complexity index is 301. The van der Waals surface area contributed by atoms with Gasteiger partial charge in [0.15, 0.2) is 0 Å². The quantitative estimate of drug-likeness (QED) is 0.789. The third-order valence-electron chi connectivity index (χ3n) is 3.45. The maximum absolute atomic E-state index is 12.7. The van der Waals surface area contributed by atoms with Crippen molar-refractivity contribution in [3.8, 4) is 0 Å². The van der Waals surface area contributed by atoms with Crippen LogP contribution in [0.3, 0.4) is 0 Å². The number of rotatable bonds is 4. The number of halogens is 4. The maximum atomic E-state index is 12.7. The fourth-order valence-electron chi connectivity index (χ4n) is 1.85. The van der Waals surface area contributed by atoms with E-state index in [1.165, 1.54) is 0 Å². The average molecular weight is 270 g/mol. The van der Waals surface area contributed by atoms with Crippen molar-refractivity contribution in [2.75, 3.05) is 26.7 Å². The van der Waals surface area contributed by atoms with Gasteiger partial charge in [0.25, 0.3) is 5.91 Å². The highest BCUT2D eigenvalue weighted by atomic mass is 19.3. The van der Waals surface area contributed by atoms with Crippen molar-refractivity contribution in [1.29, 1.82) is 0 Å². The summed E-state index contributed by atoms with van der Waals surface area (Å²) in [7, 11) is 1.95. The molecule has 106 valence electrons. The predicted octanol–water partition coefficient (Wildman–Crippen LogP) is 1.73. The van der Waals surface area contributed by atoms with Gasteiger partial charge in [0.1, 0.15) is 0 Å². The number of nitrogens with one attached hydrogen (secondary N) is 1. The van der Waals surface area contributed by atoms with E-state index in [9.17, 15) is 22.4 Å². The van der Waals surface area contributed by atoms with E-state index < -0.39 is 18.3 Å². The molecule has 7 heteroatoms. The van der Waals surface area contributed by atoms with Crippen molar-refractivity contribution in [2.45, 2.75) is 32.1 Å². The van der Waals surface area contributed by atoms with E-state index in [1.807, 2.05) is 19.3 Å². The monoisotopic (exact) mass is 270 g/mol. The Kier molecular flexibility index (Phi) is 4.58. The largest absolute Gasteiger partial charge is 0.383 e. The van der Waals surface area contributed by atoms with Gasteiger partial charge in [-0.15, -0.1) is 0 Å². The SMILES string of the molecule is CN1CCC(C)(CNC(=O)C(F)(F)C(F)F)CC1. The van der Waals surface area contributed by atoms with Crippen LogP contribution in [0.2, 0.25) is 0 Å². The third-order valence-corrected chi connectivity index (χ3v) is 3.45. The molecule has 1 aliphatic heterocycles. The number of hydrogen-bond acceptors (Lipinski definition) is 2. The molecule has 0 aromatic rings. The first-order valence-electron chi connectivity index (χ1n) is 5.80. The fourth-order valence-corrected chi connectivity index (χ4v) is 1.85. The number of piperidine rings is 1. The minimum absolute atomic E-state index is 0.00197. The van der Waals surface area contributed by atoms with Crippen LogP contribution in [-0.4, -0.2) is 49.8 Å². The summed E-state index contributed by atoms with van der Waals surface area (Å²) in [5.74, 6) is -6.50. The smallest absolute Gasteiger partial charge is 0.350 e. The molecule has 0 bridgehead atoms. The zero-order valence-corrected chi connectivity index (χ0v) is 10.5. The Morgan fingerprint density at radius 1 is 1.39 bits per heavy atom. The van der Waals surface area contributed by atoms with E-state index in [1.54, 1.807) is 0 Å². The van der Waals surface area contributed by atoms with Crippen LogP contribution in [0.25, 0.3) is 0 Å². The number of hydrogen-bond donors (Lipinski definition) is 1. The molecule has 1 rings (SSSR count). The number of amides is 1. The molecule has 0 spiro atoms. The first-order valence-corrected chi connectivity index (χ1v) is 5.80. The Morgan fingerprint density at radius 2 is 1.89 bits per heavy atom. The summed E-state index contributed by atoms with van der Waals surface area (Å²) in [5.41, 5.74) is -0.305. The van der Waals surface area contributed by atoms with Gasteiger partial charge in [-0.3, -0.25) is 4.79 Å². The highest BCUT2D eigenvalue weighted by molar-refractivity contribution is 5.83. The first-order chi connectivity index (χ1) is 8.17. The molecular formula is C11H18F4N2O. The lowest BCUT2D eigenvalue weighted by Crippen LogP contribution is -2.50. The molecule has 1 heterocycles. The summed E-state index contributed by atoms with van der Waals surface area (Å²) < 4.78 is 49.3. The molecule has 1 fully saturated rings. The number of nitrogens with zero attached hydrogens (tertiary/aromatic N) is 1. The molecule has 1 amide bonds. The highest BCUT2D eigenvalue weighted by Gasteiger charge is 2.49. The van der Waals surface area contributed by atoms with E-state index in [0.717, 1.165) is 25.9 Å². The minimum Gasteiger partial charge on any atom is -0.350 e. The maximum Gasteiger partial charge on any atom is 0.383 e. The van der Waals surface area contributed by atoms with Gasteiger partial charge in [-0.1, -0.05) is 6.92 Å². The van der Waals surface area contributed by atoms with Crippen LogP contribution in [0.4, 0.5) is 17.6 Å². The van der Waals surface area contributed by atoms with Crippen LogP contribution < -0.4 is 5.32 Å². The molecule has 0 aromatic carbocycles. The normalized spacial score (nSPS) is 21.1. The van der Waals surface area contributed by atoms with Gasteiger partial charge in [-0.05, 0) is 38.4 Å². The van der Waals surface area contributed by atoms with Crippen LogP contribution in [0.5, 0.6) is 0 Å². The Morgan fingerprint density at radius 3 is 2.33 bits per heavy atom. The molecule has 0 radical (unpaired) electrons. The Labute approximate surface area is 104 Å². The standard InChI is InChI=1S/C11H18F4N2O/c1-10(3-5-17(2)6-4-10)7-16-9(18)11(14,15)8(12)13/h8H,3-7H2,1-2H3,(H,16,18). The van der Waals surface area contributed by atoms with Gasteiger partial charge in [0.05, 0.1) is 0 Å². The summed E-state index contributed by atoms with van der Waals surface area (Å²) in [6.45, 7) is 3.47.